The minimum atomic E-state index is 0.959. The summed E-state index contributed by atoms with van der Waals surface area (Å²) in [6.45, 7) is 0. The van der Waals surface area contributed by atoms with Crippen molar-refractivity contribution in [2.24, 2.45) is 0 Å². The average molecular weight is 256 g/mol. The molecule has 0 saturated carbocycles. The molecule has 2 radical (unpaired) electrons. The van der Waals surface area contributed by atoms with E-state index >= 15 is 0 Å². The molecule has 0 saturated heterocycles. The van der Waals surface area contributed by atoms with Crippen molar-refractivity contribution in [3.05, 3.63) is 60.7 Å². The van der Waals surface area contributed by atoms with E-state index in [9.17, 15) is 0 Å². The van der Waals surface area contributed by atoms with Crippen molar-refractivity contribution in [1.29, 1.82) is 0 Å². The molecule has 0 aromatic heterocycles. The van der Waals surface area contributed by atoms with Gasteiger partial charge in [0.25, 0.3) is 0 Å². The van der Waals surface area contributed by atoms with Gasteiger partial charge in [-0.3, -0.25) is 0 Å². The van der Waals surface area contributed by atoms with Crippen LogP contribution in [0.5, 0.6) is 0 Å². The van der Waals surface area contributed by atoms with Crippen LogP contribution in [-0.2, 0) is 0 Å². The monoisotopic (exact) mass is 256 g/mol. The summed E-state index contributed by atoms with van der Waals surface area (Å²) in [7, 11) is 0.959. The molecular weight excluding hydrogens is 240 g/mol. The van der Waals surface area contributed by atoms with Crippen LogP contribution in [0.4, 0.5) is 0 Å². The van der Waals surface area contributed by atoms with E-state index in [-0.39, 0.29) is 0 Å². The minimum Gasteiger partial charge on any atom is -0.126 e. The van der Waals surface area contributed by atoms with Crippen LogP contribution in [0.3, 0.4) is 0 Å². The van der Waals surface area contributed by atoms with Gasteiger partial charge in [0.1, 0.15) is 0 Å². The first-order chi connectivity index (χ1) is 8.45. The predicted molar refractivity (Wildman–Crippen MR) is 78.4 cm³/mol. The van der Waals surface area contributed by atoms with Gasteiger partial charge in [-0.1, -0.05) is 59.8 Å². The largest absolute Gasteiger partial charge is 0.126 e. The molecule has 0 heterocycles. The highest BCUT2D eigenvalue weighted by Crippen LogP contribution is 2.18. The fraction of sp³-hybridized carbons (Fsp3) is 0.200. The summed E-state index contributed by atoms with van der Waals surface area (Å²) >= 11 is 1.96. The third-order valence-electron chi connectivity index (χ3n) is 2.44. The van der Waals surface area contributed by atoms with Crippen molar-refractivity contribution in [3.63, 3.8) is 0 Å². The SMILES string of the molecule is c1ccc([Si]CCCSc2ccccc2)cc1. The van der Waals surface area contributed by atoms with Crippen LogP contribution < -0.4 is 5.19 Å². The van der Waals surface area contributed by atoms with E-state index in [2.05, 4.69) is 60.7 Å². The smallest absolute Gasteiger partial charge is 0.0808 e. The van der Waals surface area contributed by atoms with Gasteiger partial charge in [0.15, 0.2) is 0 Å². The lowest BCUT2D eigenvalue weighted by atomic mass is 10.4. The molecule has 2 heteroatoms. The Labute approximate surface area is 110 Å². The summed E-state index contributed by atoms with van der Waals surface area (Å²) in [5.41, 5.74) is 0. The van der Waals surface area contributed by atoms with Crippen molar-refractivity contribution in [1.82, 2.24) is 0 Å². The molecule has 0 nitrogen and oxygen atoms in total. The first kappa shape index (κ1) is 12.5. The Bertz CT molecular complexity index is 372. The number of thioether (sulfide) groups is 1. The van der Waals surface area contributed by atoms with Gasteiger partial charge in [-0.2, -0.15) is 0 Å². The maximum Gasteiger partial charge on any atom is 0.0808 e. The van der Waals surface area contributed by atoms with Gasteiger partial charge in [0, 0.05) is 4.90 Å². The van der Waals surface area contributed by atoms with Gasteiger partial charge in [0.05, 0.1) is 9.52 Å². The molecule has 2 aromatic carbocycles. The van der Waals surface area contributed by atoms with Crippen molar-refractivity contribution < 1.29 is 0 Å². The molecule has 0 spiro atoms. The Morgan fingerprint density at radius 3 is 2.18 bits per heavy atom. The molecule has 0 atom stereocenters. The Kier molecular flexibility index (Phi) is 5.39. The third kappa shape index (κ3) is 4.80. The van der Waals surface area contributed by atoms with E-state index in [4.69, 9.17) is 0 Å². The topological polar surface area (TPSA) is 0 Å². The molecule has 17 heavy (non-hydrogen) atoms. The number of rotatable bonds is 6. The lowest BCUT2D eigenvalue weighted by molar-refractivity contribution is 1.09. The molecule has 2 rings (SSSR count). The Morgan fingerprint density at radius 1 is 0.824 bits per heavy atom. The average Bonchev–Trinajstić information content (AvgIpc) is 2.41. The van der Waals surface area contributed by atoms with E-state index in [1.54, 1.807) is 0 Å². The van der Waals surface area contributed by atoms with E-state index in [1.807, 2.05) is 11.8 Å². The van der Waals surface area contributed by atoms with Crippen LogP contribution in [0, 0.1) is 0 Å². The van der Waals surface area contributed by atoms with Crippen molar-refractivity contribution in [2.45, 2.75) is 17.4 Å². The Morgan fingerprint density at radius 2 is 1.47 bits per heavy atom. The second kappa shape index (κ2) is 7.36. The molecule has 0 fully saturated rings. The van der Waals surface area contributed by atoms with Crippen LogP contribution in [0.15, 0.2) is 65.6 Å². The zero-order valence-electron chi connectivity index (χ0n) is 9.80. The van der Waals surface area contributed by atoms with Gasteiger partial charge in [-0.15, -0.1) is 11.8 Å². The third-order valence-corrected chi connectivity index (χ3v) is 4.88. The second-order valence-corrected chi connectivity index (χ2v) is 6.41. The highest BCUT2D eigenvalue weighted by atomic mass is 32.2. The summed E-state index contributed by atoms with van der Waals surface area (Å²) in [6.07, 6.45) is 1.30. The highest BCUT2D eigenvalue weighted by Gasteiger charge is 1.95. The summed E-state index contributed by atoms with van der Waals surface area (Å²) < 4.78 is 0. The van der Waals surface area contributed by atoms with Crippen LogP contribution >= 0.6 is 11.8 Å². The van der Waals surface area contributed by atoms with E-state index in [1.165, 1.54) is 28.3 Å². The molecule has 0 amide bonds. The summed E-state index contributed by atoms with van der Waals surface area (Å²) in [5.74, 6) is 1.23. The highest BCUT2D eigenvalue weighted by molar-refractivity contribution is 7.99. The summed E-state index contributed by atoms with van der Waals surface area (Å²) in [6, 6.07) is 22.7. The molecule has 0 aliphatic carbocycles. The quantitative estimate of drug-likeness (QED) is 0.432. The van der Waals surface area contributed by atoms with Gasteiger partial charge >= 0.3 is 0 Å². The van der Waals surface area contributed by atoms with Gasteiger partial charge in [-0.05, 0) is 24.3 Å². The van der Waals surface area contributed by atoms with Crippen LogP contribution in [0.1, 0.15) is 6.42 Å². The van der Waals surface area contributed by atoms with Gasteiger partial charge in [-0.25, -0.2) is 0 Å². The first-order valence-corrected chi connectivity index (χ1v) is 8.11. The minimum absolute atomic E-state index is 0.959. The maximum absolute atomic E-state index is 2.22. The summed E-state index contributed by atoms with van der Waals surface area (Å²) in [5, 5.41) is 1.48. The van der Waals surface area contributed by atoms with Gasteiger partial charge < -0.3 is 0 Å². The van der Waals surface area contributed by atoms with E-state index in [0.29, 0.717) is 0 Å². The molecule has 0 aliphatic rings. The van der Waals surface area contributed by atoms with Crippen molar-refractivity contribution >= 4 is 26.5 Å². The number of benzene rings is 2. The van der Waals surface area contributed by atoms with Crippen LogP contribution in [0.25, 0.3) is 0 Å². The number of hydrogen-bond donors (Lipinski definition) is 0. The molecule has 0 aliphatic heterocycles. The van der Waals surface area contributed by atoms with E-state index < -0.39 is 0 Å². The standard InChI is InChI=1S/C15H16SSi/c1-3-8-14(9-4-1)16-12-7-13-17-15-10-5-2-6-11-15/h1-6,8-11H,7,12-13H2. The molecule has 2 aromatic rings. The summed E-state index contributed by atoms with van der Waals surface area (Å²) in [4.78, 5) is 1.38. The lowest BCUT2D eigenvalue weighted by Gasteiger charge is -2.01. The second-order valence-electron chi connectivity index (χ2n) is 3.81. The van der Waals surface area contributed by atoms with Crippen LogP contribution in [-0.4, -0.2) is 15.3 Å². The number of hydrogen-bond acceptors (Lipinski definition) is 1. The molecule has 0 N–H and O–H groups in total. The Hall–Kier alpha value is -0.993. The molecule has 0 bridgehead atoms. The van der Waals surface area contributed by atoms with E-state index in [0.717, 1.165) is 9.52 Å². The zero-order chi connectivity index (χ0) is 11.8. The zero-order valence-corrected chi connectivity index (χ0v) is 11.6. The van der Waals surface area contributed by atoms with Crippen LogP contribution in [0.2, 0.25) is 6.04 Å². The molecular formula is C15H16SSi. The lowest BCUT2D eigenvalue weighted by Crippen LogP contribution is -2.12. The normalized spacial score (nSPS) is 10.4. The Balaban J connectivity index is 1.61. The fourth-order valence-corrected chi connectivity index (χ4v) is 3.77. The molecule has 0 unspecified atom stereocenters. The van der Waals surface area contributed by atoms with Gasteiger partial charge in [0.2, 0.25) is 0 Å². The predicted octanol–water partition coefficient (Wildman–Crippen LogP) is 3.62. The van der Waals surface area contributed by atoms with Crippen molar-refractivity contribution in [2.75, 3.05) is 5.75 Å². The first-order valence-electron chi connectivity index (χ1n) is 5.92. The molecule has 86 valence electrons. The van der Waals surface area contributed by atoms with Crippen molar-refractivity contribution in [3.8, 4) is 0 Å². The maximum atomic E-state index is 2.22. The fourth-order valence-electron chi connectivity index (χ4n) is 1.57.